The van der Waals surface area contributed by atoms with Gasteiger partial charge in [0.05, 0.1) is 11.4 Å². The zero-order chi connectivity index (χ0) is 12.5. The summed E-state index contributed by atoms with van der Waals surface area (Å²) < 4.78 is 25.9. The van der Waals surface area contributed by atoms with E-state index in [9.17, 15) is 8.42 Å². The van der Waals surface area contributed by atoms with Gasteiger partial charge in [0, 0.05) is 6.54 Å². The van der Waals surface area contributed by atoms with Crippen molar-refractivity contribution >= 4 is 15.7 Å². The Hall–Kier alpha value is -1.03. The Morgan fingerprint density at radius 1 is 1.35 bits per heavy atom. The van der Waals surface area contributed by atoms with Gasteiger partial charge in [-0.1, -0.05) is 31.0 Å². The van der Waals surface area contributed by atoms with Gasteiger partial charge in [0.25, 0.3) is 0 Å². The molecule has 4 heteroatoms. The van der Waals surface area contributed by atoms with Crippen LogP contribution >= 0.6 is 0 Å². The van der Waals surface area contributed by atoms with Gasteiger partial charge in [-0.05, 0) is 31.4 Å². The molecule has 0 unspecified atom stereocenters. The highest BCUT2D eigenvalue weighted by molar-refractivity contribution is 7.92. The molecule has 0 radical (unpaired) electrons. The van der Waals surface area contributed by atoms with Crippen LogP contribution in [0.1, 0.15) is 30.9 Å². The lowest BCUT2D eigenvalue weighted by Crippen LogP contribution is -2.31. The van der Waals surface area contributed by atoms with Crippen molar-refractivity contribution in [2.45, 2.75) is 33.1 Å². The van der Waals surface area contributed by atoms with E-state index in [0.29, 0.717) is 6.54 Å². The van der Waals surface area contributed by atoms with Gasteiger partial charge in [-0.15, -0.1) is 0 Å². The van der Waals surface area contributed by atoms with Gasteiger partial charge < -0.3 is 0 Å². The Bertz CT molecular complexity index is 508. The zero-order valence-electron chi connectivity index (χ0n) is 10.4. The number of nitrogens with zero attached hydrogens (tertiary/aromatic N) is 1. The summed E-state index contributed by atoms with van der Waals surface area (Å²) in [6.45, 7) is 4.65. The number of hydrogen-bond acceptors (Lipinski definition) is 2. The number of rotatable bonds is 4. The Morgan fingerprint density at radius 2 is 2.12 bits per heavy atom. The van der Waals surface area contributed by atoms with E-state index in [2.05, 4.69) is 6.07 Å². The third-order valence-electron chi connectivity index (χ3n) is 3.18. The summed E-state index contributed by atoms with van der Waals surface area (Å²) in [5.41, 5.74) is 3.23. The molecule has 0 N–H and O–H groups in total. The minimum atomic E-state index is -3.12. The Morgan fingerprint density at radius 3 is 2.82 bits per heavy atom. The fourth-order valence-corrected chi connectivity index (χ4v) is 3.95. The van der Waals surface area contributed by atoms with Crippen molar-refractivity contribution in [2.24, 2.45) is 0 Å². The van der Waals surface area contributed by atoms with Gasteiger partial charge in [-0.2, -0.15) is 0 Å². The normalized spacial score (nSPS) is 15.1. The van der Waals surface area contributed by atoms with Crippen molar-refractivity contribution in [3.63, 3.8) is 0 Å². The molecule has 0 spiro atoms. The van der Waals surface area contributed by atoms with E-state index in [1.807, 2.05) is 26.0 Å². The first-order chi connectivity index (χ1) is 8.04. The molecule has 1 aliphatic rings. The molecule has 0 aromatic heterocycles. The molecule has 1 heterocycles. The van der Waals surface area contributed by atoms with Crippen LogP contribution in [0.5, 0.6) is 0 Å². The summed E-state index contributed by atoms with van der Waals surface area (Å²) in [7, 11) is -3.12. The van der Waals surface area contributed by atoms with E-state index in [4.69, 9.17) is 0 Å². The number of benzene rings is 1. The lowest BCUT2D eigenvalue weighted by Gasteiger charge is -2.19. The van der Waals surface area contributed by atoms with E-state index in [1.54, 1.807) is 4.31 Å². The highest BCUT2D eigenvalue weighted by Gasteiger charge is 2.28. The van der Waals surface area contributed by atoms with Gasteiger partial charge in [0.1, 0.15) is 0 Å². The Balaban J connectivity index is 2.27. The summed E-state index contributed by atoms with van der Waals surface area (Å²) in [6, 6.07) is 6.00. The largest absolute Gasteiger partial charge is 0.270 e. The molecule has 17 heavy (non-hydrogen) atoms. The topological polar surface area (TPSA) is 37.4 Å². The first-order valence-electron chi connectivity index (χ1n) is 6.14. The summed E-state index contributed by atoms with van der Waals surface area (Å²) in [6.07, 6.45) is 2.48. The molecule has 0 amide bonds. The SMILES string of the molecule is CCCCS(=O)(=O)N1CCc2cc(C)ccc21. The van der Waals surface area contributed by atoms with Crippen LogP contribution in [-0.4, -0.2) is 20.7 Å². The van der Waals surface area contributed by atoms with Crippen molar-refractivity contribution in [3.8, 4) is 0 Å². The number of aryl methyl sites for hydroxylation is 1. The monoisotopic (exact) mass is 253 g/mol. The molecular weight excluding hydrogens is 234 g/mol. The number of hydrogen-bond donors (Lipinski definition) is 0. The maximum Gasteiger partial charge on any atom is 0.235 e. The molecule has 0 aliphatic carbocycles. The maximum atomic E-state index is 12.2. The van der Waals surface area contributed by atoms with Gasteiger partial charge in [0.2, 0.25) is 10.0 Å². The van der Waals surface area contributed by atoms with Crippen LogP contribution in [0.2, 0.25) is 0 Å². The third-order valence-corrected chi connectivity index (χ3v) is 5.03. The van der Waals surface area contributed by atoms with Crippen LogP contribution < -0.4 is 4.31 Å². The maximum absolute atomic E-state index is 12.2. The van der Waals surface area contributed by atoms with E-state index in [0.717, 1.165) is 30.5 Å². The van der Waals surface area contributed by atoms with Gasteiger partial charge in [-0.25, -0.2) is 8.42 Å². The van der Waals surface area contributed by atoms with Crippen molar-refractivity contribution < 1.29 is 8.42 Å². The molecular formula is C13H19NO2S. The average molecular weight is 253 g/mol. The smallest absolute Gasteiger partial charge is 0.235 e. The molecule has 1 aromatic rings. The highest BCUT2D eigenvalue weighted by Crippen LogP contribution is 2.31. The van der Waals surface area contributed by atoms with Crippen LogP contribution in [0.4, 0.5) is 5.69 Å². The Kier molecular flexibility index (Phi) is 3.43. The second-order valence-corrected chi connectivity index (χ2v) is 6.64. The summed E-state index contributed by atoms with van der Waals surface area (Å²) in [5.74, 6) is 0.261. The quantitative estimate of drug-likeness (QED) is 0.826. The second kappa shape index (κ2) is 4.69. The number of sulfonamides is 1. The molecule has 0 fully saturated rings. The van der Waals surface area contributed by atoms with Crippen molar-refractivity contribution in [3.05, 3.63) is 29.3 Å². The van der Waals surface area contributed by atoms with Crippen LogP contribution in [0, 0.1) is 6.92 Å². The lowest BCUT2D eigenvalue weighted by atomic mass is 10.1. The van der Waals surface area contributed by atoms with Crippen molar-refractivity contribution in [2.75, 3.05) is 16.6 Å². The van der Waals surface area contributed by atoms with Gasteiger partial charge >= 0.3 is 0 Å². The van der Waals surface area contributed by atoms with Crippen LogP contribution in [0.3, 0.4) is 0 Å². The standard InChI is InChI=1S/C13H19NO2S/c1-3-4-9-17(15,16)14-8-7-12-10-11(2)5-6-13(12)14/h5-6,10H,3-4,7-9H2,1-2H3. The minimum Gasteiger partial charge on any atom is -0.270 e. The zero-order valence-corrected chi connectivity index (χ0v) is 11.3. The second-order valence-electron chi connectivity index (χ2n) is 4.62. The molecule has 1 aliphatic heterocycles. The first kappa shape index (κ1) is 12.4. The molecule has 94 valence electrons. The van der Waals surface area contributed by atoms with E-state index < -0.39 is 10.0 Å². The van der Waals surface area contributed by atoms with Gasteiger partial charge in [-0.3, -0.25) is 4.31 Å². The fraction of sp³-hybridized carbons (Fsp3) is 0.538. The summed E-state index contributed by atoms with van der Waals surface area (Å²) in [4.78, 5) is 0. The van der Waals surface area contributed by atoms with Crippen molar-refractivity contribution in [1.82, 2.24) is 0 Å². The van der Waals surface area contributed by atoms with Crippen LogP contribution in [0.25, 0.3) is 0 Å². The van der Waals surface area contributed by atoms with Crippen LogP contribution in [-0.2, 0) is 16.4 Å². The predicted octanol–water partition coefficient (Wildman–Crippen LogP) is 2.49. The van der Waals surface area contributed by atoms with Crippen molar-refractivity contribution in [1.29, 1.82) is 0 Å². The molecule has 0 bridgehead atoms. The number of anilines is 1. The molecule has 0 atom stereocenters. The lowest BCUT2D eigenvalue weighted by molar-refractivity contribution is 0.589. The summed E-state index contributed by atoms with van der Waals surface area (Å²) >= 11 is 0. The van der Waals surface area contributed by atoms with Crippen LogP contribution in [0.15, 0.2) is 18.2 Å². The number of fused-ring (bicyclic) bond motifs is 1. The Labute approximate surface area is 104 Å². The third kappa shape index (κ3) is 2.46. The van der Waals surface area contributed by atoms with E-state index in [1.165, 1.54) is 5.56 Å². The predicted molar refractivity (Wildman–Crippen MR) is 70.9 cm³/mol. The molecule has 2 rings (SSSR count). The molecule has 3 nitrogen and oxygen atoms in total. The molecule has 1 aromatic carbocycles. The first-order valence-corrected chi connectivity index (χ1v) is 7.75. The van der Waals surface area contributed by atoms with E-state index in [-0.39, 0.29) is 5.75 Å². The highest BCUT2D eigenvalue weighted by atomic mass is 32.2. The fourth-order valence-electron chi connectivity index (χ4n) is 2.23. The number of unbranched alkanes of at least 4 members (excludes halogenated alkanes) is 1. The average Bonchev–Trinajstić information content (AvgIpc) is 2.69. The minimum absolute atomic E-state index is 0.261. The molecule has 0 saturated carbocycles. The van der Waals surface area contributed by atoms with E-state index >= 15 is 0 Å². The van der Waals surface area contributed by atoms with Gasteiger partial charge in [0.15, 0.2) is 0 Å². The summed E-state index contributed by atoms with van der Waals surface area (Å²) in [5, 5.41) is 0. The molecule has 0 saturated heterocycles.